The van der Waals surface area contributed by atoms with E-state index in [1.54, 1.807) is 11.3 Å². The van der Waals surface area contributed by atoms with Crippen molar-refractivity contribution >= 4 is 21.6 Å². The molecule has 118 valence electrons. The summed E-state index contributed by atoms with van der Waals surface area (Å²) in [5, 5.41) is 1.10. The van der Waals surface area contributed by atoms with Gasteiger partial charge in [-0.25, -0.2) is 4.98 Å². The van der Waals surface area contributed by atoms with E-state index in [4.69, 9.17) is 4.98 Å². The predicted octanol–water partition coefficient (Wildman–Crippen LogP) is 6.56. The van der Waals surface area contributed by atoms with Crippen LogP contribution in [0.4, 0.5) is 0 Å². The van der Waals surface area contributed by atoms with Crippen LogP contribution in [0.25, 0.3) is 31.9 Å². The van der Waals surface area contributed by atoms with Crippen molar-refractivity contribution in [3.63, 3.8) is 0 Å². The Kier molecular flexibility index (Phi) is 3.70. The zero-order valence-corrected chi connectivity index (χ0v) is 14.9. The van der Waals surface area contributed by atoms with Crippen molar-refractivity contribution in [3.05, 3.63) is 77.4 Å². The highest BCUT2D eigenvalue weighted by Gasteiger charge is 2.10. The van der Waals surface area contributed by atoms with E-state index in [0.717, 1.165) is 10.5 Å². The van der Waals surface area contributed by atoms with E-state index in [1.807, 2.05) is 0 Å². The van der Waals surface area contributed by atoms with Crippen molar-refractivity contribution in [1.29, 1.82) is 0 Å². The molecule has 1 aromatic heterocycles. The van der Waals surface area contributed by atoms with Gasteiger partial charge < -0.3 is 0 Å². The second-order valence-electron chi connectivity index (χ2n) is 6.34. The molecule has 0 spiro atoms. The number of aryl methyl sites for hydroxylation is 3. The van der Waals surface area contributed by atoms with Gasteiger partial charge in [0.25, 0.3) is 0 Å². The Hall–Kier alpha value is -2.45. The van der Waals surface area contributed by atoms with Gasteiger partial charge in [0, 0.05) is 5.56 Å². The van der Waals surface area contributed by atoms with Gasteiger partial charge in [0.05, 0.1) is 10.2 Å². The lowest BCUT2D eigenvalue weighted by molar-refractivity contribution is 1.40. The van der Waals surface area contributed by atoms with Crippen molar-refractivity contribution in [2.75, 3.05) is 0 Å². The van der Waals surface area contributed by atoms with E-state index in [0.29, 0.717) is 0 Å². The molecule has 0 radical (unpaired) electrons. The summed E-state index contributed by atoms with van der Waals surface area (Å²) in [6, 6.07) is 21.7. The number of hydrogen-bond donors (Lipinski definition) is 0. The molecular weight excluding hydrogens is 310 g/mol. The van der Waals surface area contributed by atoms with Gasteiger partial charge >= 0.3 is 0 Å². The lowest BCUT2D eigenvalue weighted by Gasteiger charge is -2.03. The molecule has 1 nitrogen and oxygen atoms in total. The number of benzene rings is 3. The Morgan fingerprint density at radius 1 is 0.625 bits per heavy atom. The molecule has 0 saturated heterocycles. The quantitative estimate of drug-likeness (QED) is 0.406. The molecule has 0 fully saturated rings. The molecular formula is C22H19NS. The zero-order chi connectivity index (χ0) is 16.7. The fourth-order valence-electron chi connectivity index (χ4n) is 2.93. The third-order valence-corrected chi connectivity index (χ3v) is 5.70. The molecule has 0 aliphatic carbocycles. The van der Waals surface area contributed by atoms with Crippen LogP contribution in [-0.4, -0.2) is 4.98 Å². The predicted molar refractivity (Wildman–Crippen MR) is 105 cm³/mol. The second kappa shape index (κ2) is 5.88. The average Bonchev–Trinajstić information content (AvgIpc) is 3.06. The first-order chi connectivity index (χ1) is 11.6. The lowest BCUT2D eigenvalue weighted by atomic mass is 10.0. The average molecular weight is 329 g/mol. The van der Waals surface area contributed by atoms with Crippen molar-refractivity contribution in [3.8, 4) is 21.7 Å². The Labute approximate surface area is 146 Å². The molecule has 0 N–H and O–H groups in total. The summed E-state index contributed by atoms with van der Waals surface area (Å²) < 4.78 is 1.30. The first-order valence-corrected chi connectivity index (χ1v) is 8.98. The number of hydrogen-bond acceptors (Lipinski definition) is 2. The van der Waals surface area contributed by atoms with E-state index in [2.05, 4.69) is 81.4 Å². The summed E-state index contributed by atoms with van der Waals surface area (Å²) >= 11 is 1.78. The third kappa shape index (κ3) is 2.63. The smallest absolute Gasteiger partial charge is 0.124 e. The maximum absolute atomic E-state index is 4.88. The van der Waals surface area contributed by atoms with Crippen LogP contribution in [0.15, 0.2) is 60.7 Å². The zero-order valence-electron chi connectivity index (χ0n) is 14.1. The molecule has 0 atom stereocenters. The van der Waals surface area contributed by atoms with Gasteiger partial charge in [0.1, 0.15) is 5.01 Å². The van der Waals surface area contributed by atoms with Gasteiger partial charge in [-0.2, -0.15) is 0 Å². The molecule has 0 aliphatic heterocycles. The highest BCUT2D eigenvalue weighted by atomic mass is 32.1. The first-order valence-electron chi connectivity index (χ1n) is 8.16. The molecule has 0 unspecified atom stereocenters. The van der Waals surface area contributed by atoms with Crippen LogP contribution < -0.4 is 0 Å². The Bertz CT molecular complexity index is 969. The third-order valence-electron chi connectivity index (χ3n) is 4.46. The largest absolute Gasteiger partial charge is 0.236 e. The molecule has 4 aromatic rings. The SMILES string of the molecule is Cc1ccc(-c2ccc(-c3nc4c(C)ccc(C)c4s3)cc2)cc1. The van der Waals surface area contributed by atoms with Gasteiger partial charge in [-0.1, -0.05) is 66.2 Å². The Morgan fingerprint density at radius 2 is 1.17 bits per heavy atom. The molecule has 3 aromatic carbocycles. The van der Waals surface area contributed by atoms with Gasteiger partial charge in [-0.05, 0) is 43.0 Å². The summed E-state index contributed by atoms with van der Waals surface area (Å²) in [7, 11) is 0. The van der Waals surface area contributed by atoms with E-state index in [9.17, 15) is 0 Å². The maximum atomic E-state index is 4.88. The number of rotatable bonds is 2. The van der Waals surface area contributed by atoms with Crippen LogP contribution in [0.5, 0.6) is 0 Å². The molecule has 0 aliphatic rings. The number of thiazole rings is 1. The fourth-order valence-corrected chi connectivity index (χ4v) is 4.05. The molecule has 0 bridgehead atoms. The standard InChI is InChI=1S/C22H19NS/c1-14-4-8-17(9-5-14)18-10-12-19(13-11-18)22-23-20-15(2)6-7-16(3)21(20)24-22/h4-13H,1-3H3. The normalized spacial score (nSPS) is 11.1. The molecule has 24 heavy (non-hydrogen) atoms. The molecule has 2 heteroatoms. The Balaban J connectivity index is 1.74. The van der Waals surface area contributed by atoms with Crippen LogP contribution in [0.1, 0.15) is 16.7 Å². The van der Waals surface area contributed by atoms with E-state index < -0.39 is 0 Å². The van der Waals surface area contributed by atoms with Crippen LogP contribution in [-0.2, 0) is 0 Å². The van der Waals surface area contributed by atoms with E-state index >= 15 is 0 Å². The van der Waals surface area contributed by atoms with E-state index in [1.165, 1.54) is 38.1 Å². The summed E-state index contributed by atoms with van der Waals surface area (Å²) in [6.45, 7) is 6.40. The van der Waals surface area contributed by atoms with Crippen molar-refractivity contribution in [2.24, 2.45) is 0 Å². The number of fused-ring (bicyclic) bond motifs is 1. The minimum Gasteiger partial charge on any atom is -0.236 e. The summed E-state index contributed by atoms with van der Waals surface area (Å²) in [5.41, 5.74) is 8.65. The van der Waals surface area contributed by atoms with Crippen molar-refractivity contribution < 1.29 is 0 Å². The second-order valence-corrected chi connectivity index (χ2v) is 7.34. The van der Waals surface area contributed by atoms with Crippen LogP contribution in [0.3, 0.4) is 0 Å². The number of aromatic nitrogens is 1. The molecule has 1 heterocycles. The highest BCUT2D eigenvalue weighted by molar-refractivity contribution is 7.21. The minimum atomic E-state index is 1.10. The fraction of sp³-hybridized carbons (Fsp3) is 0.136. The van der Waals surface area contributed by atoms with Crippen molar-refractivity contribution in [2.45, 2.75) is 20.8 Å². The van der Waals surface area contributed by atoms with Crippen LogP contribution >= 0.6 is 11.3 Å². The molecule has 0 saturated carbocycles. The van der Waals surface area contributed by atoms with Gasteiger partial charge in [0.15, 0.2) is 0 Å². The van der Waals surface area contributed by atoms with Crippen LogP contribution in [0.2, 0.25) is 0 Å². The van der Waals surface area contributed by atoms with E-state index in [-0.39, 0.29) is 0 Å². The first kappa shape index (κ1) is 15.1. The topological polar surface area (TPSA) is 12.9 Å². The molecule has 4 rings (SSSR count). The van der Waals surface area contributed by atoms with Crippen molar-refractivity contribution in [1.82, 2.24) is 4.98 Å². The van der Waals surface area contributed by atoms with Gasteiger partial charge in [-0.3, -0.25) is 0 Å². The summed E-state index contributed by atoms with van der Waals surface area (Å²) in [4.78, 5) is 4.88. The summed E-state index contributed by atoms with van der Waals surface area (Å²) in [6.07, 6.45) is 0. The van der Waals surface area contributed by atoms with Gasteiger partial charge in [0.2, 0.25) is 0 Å². The lowest BCUT2D eigenvalue weighted by Crippen LogP contribution is -1.81. The Morgan fingerprint density at radius 3 is 1.79 bits per heavy atom. The maximum Gasteiger partial charge on any atom is 0.124 e. The minimum absolute atomic E-state index is 1.10. The summed E-state index contributed by atoms with van der Waals surface area (Å²) in [5.74, 6) is 0. The number of nitrogens with zero attached hydrogens (tertiary/aromatic N) is 1. The molecule has 0 amide bonds. The van der Waals surface area contributed by atoms with Gasteiger partial charge in [-0.15, -0.1) is 11.3 Å². The van der Waals surface area contributed by atoms with Crippen LogP contribution in [0, 0.1) is 20.8 Å². The monoisotopic (exact) mass is 329 g/mol. The highest BCUT2D eigenvalue weighted by Crippen LogP contribution is 2.34.